The van der Waals surface area contributed by atoms with E-state index in [1.165, 1.54) is 0 Å². The number of carboxylic acid groups (broad SMARTS) is 1. The molecule has 0 bridgehead atoms. The number of hydrogen-bond acceptors (Lipinski definition) is 2. The van der Waals surface area contributed by atoms with Crippen LogP contribution in [0.5, 0.6) is 5.75 Å². The van der Waals surface area contributed by atoms with Gasteiger partial charge in [-0.15, -0.1) is 0 Å². The maximum atomic E-state index is 10.5. The van der Waals surface area contributed by atoms with Gasteiger partial charge in [0.25, 0.3) is 0 Å². The Kier molecular flexibility index (Phi) is 4.15. The average molecular weight is 273 g/mol. The zero-order valence-corrected chi connectivity index (χ0v) is 10.3. The van der Waals surface area contributed by atoms with Crippen LogP contribution in [-0.2, 0) is 12.8 Å². The zero-order valence-electron chi connectivity index (χ0n) is 8.71. The summed E-state index contributed by atoms with van der Waals surface area (Å²) in [5, 5.41) is 8.59. The Hall–Kier alpha value is -1.03. The fraction of sp³-hybridized carbons (Fsp3) is 0.364. The smallest absolute Gasteiger partial charge is 0.449 e. The molecule has 0 fully saturated rings. The average Bonchev–Trinajstić information content (AvgIpc) is 2.19. The standard InChI is InChI=1S/C11H13BrO3/c1-3-7-6-10(15-11(13)14)8(4-2)5-9(7)12/h5-6H,3-4H2,1-2H3,(H,13,14). The largest absolute Gasteiger partial charge is 0.511 e. The molecule has 0 aliphatic rings. The lowest BCUT2D eigenvalue weighted by molar-refractivity contribution is 0.144. The minimum atomic E-state index is -1.27. The Morgan fingerprint density at radius 2 is 1.93 bits per heavy atom. The van der Waals surface area contributed by atoms with Crippen molar-refractivity contribution >= 4 is 22.1 Å². The monoisotopic (exact) mass is 272 g/mol. The minimum absolute atomic E-state index is 0.435. The molecule has 0 saturated heterocycles. The summed E-state index contributed by atoms with van der Waals surface area (Å²) in [5.41, 5.74) is 1.94. The first-order valence-corrected chi connectivity index (χ1v) is 5.59. The molecule has 1 rings (SSSR count). The summed E-state index contributed by atoms with van der Waals surface area (Å²) in [6.45, 7) is 3.97. The molecule has 1 aromatic carbocycles. The van der Waals surface area contributed by atoms with Gasteiger partial charge >= 0.3 is 6.16 Å². The highest BCUT2D eigenvalue weighted by atomic mass is 79.9. The highest BCUT2D eigenvalue weighted by molar-refractivity contribution is 9.10. The van der Waals surface area contributed by atoms with E-state index in [1.54, 1.807) is 6.07 Å². The highest BCUT2D eigenvalue weighted by Crippen LogP contribution is 2.28. The van der Waals surface area contributed by atoms with Crippen molar-refractivity contribution < 1.29 is 14.6 Å². The van der Waals surface area contributed by atoms with E-state index in [9.17, 15) is 4.79 Å². The van der Waals surface area contributed by atoms with Crippen molar-refractivity contribution in [3.8, 4) is 5.75 Å². The van der Waals surface area contributed by atoms with E-state index in [0.29, 0.717) is 5.75 Å². The summed E-state index contributed by atoms with van der Waals surface area (Å²) >= 11 is 3.45. The van der Waals surface area contributed by atoms with Gasteiger partial charge in [-0.1, -0.05) is 29.8 Å². The van der Waals surface area contributed by atoms with Gasteiger partial charge in [-0.3, -0.25) is 0 Å². The molecule has 0 aliphatic heterocycles. The van der Waals surface area contributed by atoms with Gasteiger partial charge in [-0.25, -0.2) is 4.79 Å². The first-order chi connectivity index (χ1) is 7.08. The van der Waals surface area contributed by atoms with E-state index < -0.39 is 6.16 Å². The van der Waals surface area contributed by atoms with Gasteiger partial charge in [0.2, 0.25) is 0 Å². The number of aryl methyl sites for hydroxylation is 2. The number of halogens is 1. The van der Waals surface area contributed by atoms with Crippen LogP contribution < -0.4 is 4.74 Å². The summed E-state index contributed by atoms with van der Waals surface area (Å²) in [6.07, 6.45) is 0.306. The third-order valence-electron chi connectivity index (χ3n) is 2.19. The van der Waals surface area contributed by atoms with Crippen molar-refractivity contribution in [3.63, 3.8) is 0 Å². The molecular weight excluding hydrogens is 260 g/mol. The van der Waals surface area contributed by atoms with Crippen molar-refractivity contribution in [2.75, 3.05) is 0 Å². The topological polar surface area (TPSA) is 46.5 Å². The van der Waals surface area contributed by atoms with Crippen molar-refractivity contribution in [3.05, 3.63) is 27.7 Å². The zero-order chi connectivity index (χ0) is 11.4. The second-order valence-electron chi connectivity index (χ2n) is 3.13. The maximum absolute atomic E-state index is 10.5. The summed E-state index contributed by atoms with van der Waals surface area (Å²) in [7, 11) is 0. The van der Waals surface area contributed by atoms with Crippen molar-refractivity contribution in [2.45, 2.75) is 26.7 Å². The van der Waals surface area contributed by atoms with Gasteiger partial charge < -0.3 is 9.84 Å². The van der Waals surface area contributed by atoms with Gasteiger partial charge in [0.15, 0.2) is 0 Å². The third kappa shape index (κ3) is 2.96. The van der Waals surface area contributed by atoms with E-state index in [1.807, 2.05) is 19.9 Å². The van der Waals surface area contributed by atoms with E-state index in [2.05, 4.69) is 15.9 Å². The molecule has 0 aliphatic carbocycles. The summed E-state index contributed by atoms with van der Waals surface area (Å²) < 4.78 is 5.73. The summed E-state index contributed by atoms with van der Waals surface area (Å²) in [5.74, 6) is 0.435. The van der Waals surface area contributed by atoms with Gasteiger partial charge in [0, 0.05) is 4.47 Å². The SMILES string of the molecule is CCc1cc(OC(=O)O)c(CC)cc1Br. The van der Waals surface area contributed by atoms with Crippen LogP contribution in [0.25, 0.3) is 0 Å². The predicted octanol–water partition coefficient (Wildman–Crippen LogP) is 3.63. The molecule has 15 heavy (non-hydrogen) atoms. The predicted molar refractivity (Wildman–Crippen MR) is 61.6 cm³/mol. The second kappa shape index (κ2) is 5.16. The molecule has 82 valence electrons. The Balaban J connectivity index is 3.16. The number of benzene rings is 1. The molecule has 0 atom stereocenters. The fourth-order valence-electron chi connectivity index (χ4n) is 1.37. The molecule has 1 aromatic rings. The molecule has 0 spiro atoms. The summed E-state index contributed by atoms with van der Waals surface area (Å²) in [4.78, 5) is 10.5. The van der Waals surface area contributed by atoms with Crippen LogP contribution in [0.3, 0.4) is 0 Å². The number of rotatable bonds is 3. The van der Waals surface area contributed by atoms with Gasteiger partial charge in [0.05, 0.1) is 0 Å². The van der Waals surface area contributed by atoms with Gasteiger partial charge in [-0.2, -0.15) is 0 Å². The Morgan fingerprint density at radius 3 is 2.40 bits per heavy atom. The van der Waals surface area contributed by atoms with Crippen molar-refractivity contribution in [2.24, 2.45) is 0 Å². The van der Waals surface area contributed by atoms with Crippen LogP contribution in [0.15, 0.2) is 16.6 Å². The lowest BCUT2D eigenvalue weighted by Crippen LogP contribution is -2.05. The second-order valence-corrected chi connectivity index (χ2v) is 3.98. The Bertz CT molecular complexity index is 374. The van der Waals surface area contributed by atoms with E-state index in [4.69, 9.17) is 9.84 Å². The van der Waals surface area contributed by atoms with Crippen LogP contribution in [0.2, 0.25) is 0 Å². The minimum Gasteiger partial charge on any atom is -0.449 e. The lowest BCUT2D eigenvalue weighted by atomic mass is 10.1. The van der Waals surface area contributed by atoms with E-state index in [0.717, 1.165) is 28.4 Å². The number of hydrogen-bond donors (Lipinski definition) is 1. The molecule has 0 amide bonds. The molecule has 0 unspecified atom stereocenters. The third-order valence-corrected chi connectivity index (χ3v) is 2.93. The van der Waals surface area contributed by atoms with Crippen LogP contribution in [-0.4, -0.2) is 11.3 Å². The van der Waals surface area contributed by atoms with E-state index >= 15 is 0 Å². The Labute approximate surface area is 97.2 Å². The maximum Gasteiger partial charge on any atom is 0.511 e. The van der Waals surface area contributed by atoms with Crippen molar-refractivity contribution in [1.29, 1.82) is 0 Å². The molecular formula is C11H13BrO3. The van der Waals surface area contributed by atoms with Crippen LogP contribution in [0.4, 0.5) is 4.79 Å². The number of ether oxygens (including phenoxy) is 1. The fourth-order valence-corrected chi connectivity index (χ4v) is 2.04. The van der Waals surface area contributed by atoms with Gasteiger partial charge in [-0.05, 0) is 36.1 Å². The Morgan fingerprint density at radius 1 is 1.33 bits per heavy atom. The number of carbonyl (C=O) groups is 1. The molecule has 1 N–H and O–H groups in total. The highest BCUT2D eigenvalue weighted by Gasteiger charge is 2.10. The molecule has 3 nitrogen and oxygen atoms in total. The molecule has 0 aromatic heterocycles. The molecule has 0 radical (unpaired) electrons. The first-order valence-electron chi connectivity index (χ1n) is 4.80. The van der Waals surface area contributed by atoms with E-state index in [-0.39, 0.29) is 0 Å². The van der Waals surface area contributed by atoms with Crippen LogP contribution in [0.1, 0.15) is 25.0 Å². The van der Waals surface area contributed by atoms with Gasteiger partial charge in [0.1, 0.15) is 5.75 Å². The first kappa shape index (κ1) is 12.0. The quantitative estimate of drug-likeness (QED) is 0.675. The lowest BCUT2D eigenvalue weighted by Gasteiger charge is -2.10. The molecule has 4 heteroatoms. The van der Waals surface area contributed by atoms with Crippen LogP contribution >= 0.6 is 15.9 Å². The normalized spacial score (nSPS) is 10.1. The molecule has 0 saturated carbocycles. The molecule has 0 heterocycles. The summed E-state index contributed by atoms with van der Waals surface area (Å²) in [6, 6.07) is 3.69. The van der Waals surface area contributed by atoms with Crippen molar-refractivity contribution in [1.82, 2.24) is 0 Å². The van der Waals surface area contributed by atoms with Crippen LogP contribution in [0, 0.1) is 0 Å².